The minimum Gasteiger partial charge on any atom is -0.481 e. The molecule has 4 rings (SSSR count). The highest BCUT2D eigenvalue weighted by atomic mass is 35.5. The molecule has 0 radical (unpaired) electrons. The lowest BCUT2D eigenvalue weighted by molar-refractivity contribution is -0.144. The topological polar surface area (TPSA) is 96.6 Å². The first-order valence-corrected chi connectivity index (χ1v) is 10.8. The van der Waals surface area contributed by atoms with E-state index in [1.54, 1.807) is 10.6 Å². The molecule has 1 aromatic heterocycles. The molecule has 1 saturated carbocycles. The Morgan fingerprint density at radius 2 is 1.77 bits per heavy atom. The summed E-state index contributed by atoms with van der Waals surface area (Å²) in [4.78, 5) is 39.4. The van der Waals surface area contributed by atoms with E-state index in [2.05, 4.69) is 10.2 Å². The Hall–Kier alpha value is -2.32. The van der Waals surface area contributed by atoms with Crippen LogP contribution in [0.4, 0.5) is 4.79 Å². The van der Waals surface area contributed by atoms with Crippen LogP contribution in [0.1, 0.15) is 45.6 Å². The molecule has 9 heteroatoms. The average Bonchev–Trinajstić information content (AvgIpc) is 3.43. The van der Waals surface area contributed by atoms with Gasteiger partial charge in [0.1, 0.15) is 0 Å². The largest absolute Gasteiger partial charge is 0.481 e. The van der Waals surface area contributed by atoms with Crippen LogP contribution in [0, 0.1) is 11.3 Å². The number of nitrogens with one attached hydrogen (secondary N) is 1. The number of para-hydroxylation sites is 2. The number of aliphatic carboxylic acids is 1. The number of nitrogens with zero attached hydrogens (tertiary/aromatic N) is 3. The van der Waals surface area contributed by atoms with Gasteiger partial charge in [0.05, 0.1) is 16.4 Å². The number of piperidine rings is 1. The Morgan fingerprint density at radius 3 is 2.32 bits per heavy atom. The Morgan fingerprint density at radius 1 is 1.16 bits per heavy atom. The van der Waals surface area contributed by atoms with Gasteiger partial charge < -0.3 is 15.3 Å². The normalized spacial score (nSPS) is 18.7. The second kappa shape index (κ2) is 9.04. The third-order valence-electron chi connectivity index (χ3n) is 6.58. The van der Waals surface area contributed by atoms with Crippen molar-refractivity contribution in [3.8, 4) is 0 Å². The van der Waals surface area contributed by atoms with Crippen LogP contribution in [-0.2, 0) is 4.79 Å². The lowest BCUT2D eigenvalue weighted by Crippen LogP contribution is -2.44. The summed E-state index contributed by atoms with van der Waals surface area (Å²) < 4.78 is 2.87. The quantitative estimate of drug-likeness (QED) is 0.705. The number of benzene rings is 1. The molecular weight excluding hydrogens is 420 g/mol. The highest BCUT2D eigenvalue weighted by Crippen LogP contribution is 2.46. The minimum absolute atomic E-state index is 0. The molecule has 1 saturated heterocycles. The molecule has 0 atom stereocenters. The molecule has 2 aromatic rings. The van der Waals surface area contributed by atoms with E-state index in [4.69, 9.17) is 0 Å². The van der Waals surface area contributed by atoms with Gasteiger partial charge in [0.25, 0.3) is 0 Å². The zero-order valence-electron chi connectivity index (χ0n) is 18.0. The number of fused-ring (bicyclic) bond motifs is 1. The van der Waals surface area contributed by atoms with E-state index in [1.165, 1.54) is 4.57 Å². The fourth-order valence-corrected chi connectivity index (χ4v) is 4.54. The van der Waals surface area contributed by atoms with Crippen molar-refractivity contribution < 1.29 is 14.7 Å². The first kappa shape index (κ1) is 23.3. The number of halogens is 1. The fourth-order valence-electron chi connectivity index (χ4n) is 4.54. The fraction of sp³-hybridized carbons (Fsp3) is 0.591. The van der Waals surface area contributed by atoms with Crippen molar-refractivity contribution in [1.82, 2.24) is 19.4 Å². The van der Waals surface area contributed by atoms with Gasteiger partial charge in [-0.25, -0.2) is 14.2 Å². The Balaban J connectivity index is 0.00000272. The summed E-state index contributed by atoms with van der Waals surface area (Å²) in [6.45, 7) is 6.71. The summed E-state index contributed by atoms with van der Waals surface area (Å²) >= 11 is 0. The monoisotopic (exact) mass is 450 g/mol. The number of aromatic nitrogens is 2. The molecule has 31 heavy (non-hydrogen) atoms. The van der Waals surface area contributed by atoms with Gasteiger partial charge in [-0.1, -0.05) is 12.1 Å². The molecule has 2 heterocycles. The second-order valence-electron chi connectivity index (χ2n) is 9.06. The number of likely N-dealkylation sites (tertiary alicyclic amines) is 1. The Kier molecular flexibility index (Phi) is 6.81. The number of carbonyl (C=O) groups is 2. The van der Waals surface area contributed by atoms with Crippen LogP contribution in [0.15, 0.2) is 29.1 Å². The summed E-state index contributed by atoms with van der Waals surface area (Å²) in [5.41, 5.74) is 0.537. The summed E-state index contributed by atoms with van der Waals surface area (Å²) in [6, 6.07) is 6.92. The molecular formula is C22H31ClN4O4. The number of hydrogen-bond donors (Lipinski definition) is 2. The van der Waals surface area contributed by atoms with Crippen LogP contribution in [-0.4, -0.2) is 57.3 Å². The molecule has 1 amide bonds. The number of rotatable bonds is 6. The van der Waals surface area contributed by atoms with Crippen molar-refractivity contribution in [2.45, 2.75) is 45.6 Å². The molecule has 8 nitrogen and oxygen atoms in total. The molecule has 2 aliphatic rings. The van der Waals surface area contributed by atoms with Crippen molar-refractivity contribution in [1.29, 1.82) is 0 Å². The number of amides is 1. The van der Waals surface area contributed by atoms with E-state index in [0.717, 1.165) is 44.3 Å². The van der Waals surface area contributed by atoms with Crippen LogP contribution < -0.4 is 11.0 Å². The first-order valence-electron chi connectivity index (χ1n) is 10.8. The van der Waals surface area contributed by atoms with E-state index >= 15 is 0 Å². The molecule has 1 aliphatic heterocycles. The predicted octanol–water partition coefficient (Wildman–Crippen LogP) is 2.94. The third-order valence-corrected chi connectivity index (χ3v) is 6.58. The van der Waals surface area contributed by atoms with Gasteiger partial charge in [-0.3, -0.25) is 9.36 Å². The van der Waals surface area contributed by atoms with E-state index in [1.807, 2.05) is 32.0 Å². The molecule has 170 valence electrons. The van der Waals surface area contributed by atoms with Gasteiger partial charge in [-0.05, 0) is 70.7 Å². The summed E-state index contributed by atoms with van der Waals surface area (Å²) in [5.74, 6) is -0.345. The number of imidazole rings is 1. The molecule has 0 spiro atoms. The number of carboxylic acids is 1. The van der Waals surface area contributed by atoms with Gasteiger partial charge in [0, 0.05) is 19.1 Å². The van der Waals surface area contributed by atoms with Crippen molar-refractivity contribution in [3.63, 3.8) is 0 Å². The molecule has 2 fully saturated rings. The minimum atomic E-state index is -0.678. The Bertz CT molecular complexity index is 1020. The lowest BCUT2D eigenvalue weighted by atomic mass is 9.95. The maximum absolute atomic E-state index is 12.9. The maximum Gasteiger partial charge on any atom is 0.337 e. The smallest absolute Gasteiger partial charge is 0.337 e. The number of carboxylic acid groups (broad SMARTS) is 1. The van der Waals surface area contributed by atoms with Crippen LogP contribution in [0.2, 0.25) is 0 Å². The van der Waals surface area contributed by atoms with E-state index in [0.29, 0.717) is 24.5 Å². The lowest BCUT2D eigenvalue weighted by Gasteiger charge is -2.33. The van der Waals surface area contributed by atoms with Gasteiger partial charge in [-0.15, -0.1) is 12.4 Å². The molecule has 0 bridgehead atoms. The number of carbonyl (C=O) groups excluding carboxylic acids is 1. The van der Waals surface area contributed by atoms with E-state index in [9.17, 15) is 19.5 Å². The zero-order valence-corrected chi connectivity index (χ0v) is 18.9. The molecule has 1 aliphatic carbocycles. The van der Waals surface area contributed by atoms with Crippen LogP contribution in [0.3, 0.4) is 0 Å². The predicted molar refractivity (Wildman–Crippen MR) is 121 cm³/mol. The van der Waals surface area contributed by atoms with Crippen molar-refractivity contribution in [2.24, 2.45) is 11.3 Å². The van der Waals surface area contributed by atoms with E-state index in [-0.39, 0.29) is 30.2 Å². The summed E-state index contributed by atoms with van der Waals surface area (Å²) in [6.07, 6.45) is 3.38. The van der Waals surface area contributed by atoms with Crippen LogP contribution in [0.5, 0.6) is 0 Å². The van der Waals surface area contributed by atoms with Crippen molar-refractivity contribution in [2.75, 3.05) is 26.2 Å². The number of hydrogen-bond acceptors (Lipinski definition) is 4. The average molecular weight is 451 g/mol. The highest BCUT2D eigenvalue weighted by Gasteiger charge is 2.51. The maximum atomic E-state index is 12.9. The Labute approximate surface area is 187 Å². The summed E-state index contributed by atoms with van der Waals surface area (Å²) in [7, 11) is 0. The first-order chi connectivity index (χ1) is 14.3. The van der Waals surface area contributed by atoms with Crippen molar-refractivity contribution >= 4 is 35.4 Å². The molecule has 2 N–H and O–H groups in total. The highest BCUT2D eigenvalue weighted by molar-refractivity contribution is 5.89. The van der Waals surface area contributed by atoms with Gasteiger partial charge in [0.2, 0.25) is 0 Å². The van der Waals surface area contributed by atoms with Gasteiger partial charge in [-0.2, -0.15) is 0 Å². The SMILES string of the molecule is CC(C)n1c(=O)n(C(=O)NCC2CCN(CC3(C(=O)O)CC3)CC2)c2ccccc21.Cl. The summed E-state index contributed by atoms with van der Waals surface area (Å²) in [5, 5.41) is 12.3. The second-order valence-corrected chi connectivity index (χ2v) is 9.06. The zero-order chi connectivity index (χ0) is 21.5. The van der Waals surface area contributed by atoms with Crippen LogP contribution in [0.25, 0.3) is 11.0 Å². The van der Waals surface area contributed by atoms with Crippen LogP contribution >= 0.6 is 12.4 Å². The van der Waals surface area contributed by atoms with E-state index < -0.39 is 11.4 Å². The standard InChI is InChI=1S/C22H30N4O4.ClH/c1-15(2)25-17-5-3-4-6-18(17)26(21(25)30)20(29)23-13-16-7-11-24(12-8-16)14-22(9-10-22)19(27)28;/h3-6,15-16H,7-14H2,1-2H3,(H,23,29)(H,27,28);1H. The van der Waals surface area contributed by atoms with Crippen molar-refractivity contribution in [3.05, 3.63) is 34.7 Å². The third kappa shape index (κ3) is 4.50. The van der Waals surface area contributed by atoms with Gasteiger partial charge >= 0.3 is 17.7 Å². The van der Waals surface area contributed by atoms with Gasteiger partial charge in [0.15, 0.2) is 0 Å². The molecule has 1 aromatic carbocycles. The molecule has 0 unspecified atom stereocenters.